The van der Waals surface area contributed by atoms with Crippen LogP contribution in [0, 0.1) is 13.8 Å². The molecule has 2 aromatic rings. The van der Waals surface area contributed by atoms with E-state index in [2.05, 4.69) is 5.32 Å². The molecular weight excluding hydrogens is 364 g/mol. The Morgan fingerprint density at radius 3 is 2.34 bits per heavy atom. The van der Waals surface area contributed by atoms with Crippen molar-refractivity contribution >= 4 is 11.8 Å². The third kappa shape index (κ3) is 6.34. The first-order valence-corrected chi connectivity index (χ1v) is 10.2. The summed E-state index contributed by atoms with van der Waals surface area (Å²) >= 11 is 0. The molecule has 2 rings (SSSR count). The lowest BCUT2D eigenvalue weighted by molar-refractivity contribution is -0.143. The smallest absolute Gasteiger partial charge is 0.261 e. The van der Waals surface area contributed by atoms with Gasteiger partial charge < -0.3 is 15.0 Å². The quantitative estimate of drug-likeness (QED) is 0.697. The first kappa shape index (κ1) is 22.5. The Morgan fingerprint density at radius 1 is 1.03 bits per heavy atom. The van der Waals surface area contributed by atoms with Crippen molar-refractivity contribution in [2.24, 2.45) is 0 Å². The Balaban J connectivity index is 2.21. The number of aryl methyl sites for hydroxylation is 1. The van der Waals surface area contributed by atoms with Gasteiger partial charge in [0.15, 0.2) is 6.61 Å². The molecule has 2 amide bonds. The Morgan fingerprint density at radius 2 is 1.72 bits per heavy atom. The van der Waals surface area contributed by atoms with Crippen molar-refractivity contribution in [3.8, 4) is 5.75 Å². The molecule has 0 aliphatic carbocycles. The number of nitrogens with zero attached hydrogens (tertiary/aromatic N) is 1. The topological polar surface area (TPSA) is 58.6 Å². The van der Waals surface area contributed by atoms with Gasteiger partial charge in [-0.25, -0.2) is 0 Å². The minimum Gasteiger partial charge on any atom is -0.483 e. The average molecular weight is 397 g/mol. The van der Waals surface area contributed by atoms with Crippen molar-refractivity contribution in [1.82, 2.24) is 10.2 Å². The highest BCUT2D eigenvalue weighted by Crippen LogP contribution is 2.21. The zero-order valence-electron chi connectivity index (χ0n) is 18.1. The summed E-state index contributed by atoms with van der Waals surface area (Å²) in [5.74, 6) is 0.344. The molecule has 0 unspecified atom stereocenters. The number of amides is 2. The number of rotatable bonds is 9. The van der Waals surface area contributed by atoms with Gasteiger partial charge in [-0.15, -0.1) is 0 Å². The first-order chi connectivity index (χ1) is 13.8. The fourth-order valence-electron chi connectivity index (χ4n) is 3.18. The molecule has 5 heteroatoms. The van der Waals surface area contributed by atoms with Crippen LogP contribution >= 0.6 is 0 Å². The fraction of sp³-hybridized carbons (Fsp3) is 0.417. The third-order valence-corrected chi connectivity index (χ3v) is 4.92. The Kier molecular flexibility index (Phi) is 8.25. The van der Waals surface area contributed by atoms with Crippen molar-refractivity contribution in [2.45, 2.75) is 59.7 Å². The van der Waals surface area contributed by atoms with Crippen LogP contribution in [0.4, 0.5) is 0 Å². The highest BCUT2D eigenvalue weighted by atomic mass is 16.5. The van der Waals surface area contributed by atoms with Crippen LogP contribution in [0.25, 0.3) is 0 Å². The molecule has 0 fully saturated rings. The largest absolute Gasteiger partial charge is 0.483 e. The van der Waals surface area contributed by atoms with Crippen molar-refractivity contribution in [1.29, 1.82) is 0 Å². The maximum atomic E-state index is 13.1. The predicted octanol–water partition coefficient (Wildman–Crippen LogP) is 4.01. The molecule has 156 valence electrons. The van der Waals surface area contributed by atoms with E-state index in [-0.39, 0.29) is 24.5 Å². The van der Waals surface area contributed by atoms with Crippen molar-refractivity contribution < 1.29 is 14.3 Å². The number of carbonyl (C=O) groups excluding carboxylic acids is 2. The molecule has 0 bridgehead atoms. The van der Waals surface area contributed by atoms with Gasteiger partial charge in [-0.3, -0.25) is 9.59 Å². The summed E-state index contributed by atoms with van der Waals surface area (Å²) in [6.45, 7) is 9.98. The summed E-state index contributed by atoms with van der Waals surface area (Å²) in [6.07, 6.45) is 0.528. The van der Waals surface area contributed by atoms with Crippen LogP contribution < -0.4 is 10.1 Å². The van der Waals surface area contributed by atoms with E-state index in [1.165, 1.54) is 0 Å². The molecular formula is C24H32N2O3. The molecule has 1 atom stereocenters. The zero-order chi connectivity index (χ0) is 21.4. The van der Waals surface area contributed by atoms with Crippen molar-refractivity contribution in [2.75, 3.05) is 6.61 Å². The lowest BCUT2D eigenvalue weighted by Crippen LogP contribution is -2.51. The molecule has 29 heavy (non-hydrogen) atoms. The number of ether oxygens (including phenoxy) is 1. The van der Waals surface area contributed by atoms with Crippen LogP contribution in [0.15, 0.2) is 48.5 Å². The van der Waals surface area contributed by atoms with E-state index >= 15 is 0 Å². The molecule has 0 aromatic heterocycles. The molecule has 0 saturated carbocycles. The summed E-state index contributed by atoms with van der Waals surface area (Å²) in [5, 5.41) is 2.93. The van der Waals surface area contributed by atoms with Crippen molar-refractivity contribution in [3.63, 3.8) is 0 Å². The Labute approximate surface area is 174 Å². The van der Waals surface area contributed by atoms with Gasteiger partial charge in [0.1, 0.15) is 11.8 Å². The van der Waals surface area contributed by atoms with Crippen LogP contribution in [-0.2, 0) is 16.1 Å². The molecule has 5 nitrogen and oxygen atoms in total. The Hall–Kier alpha value is -2.82. The number of hydrogen-bond acceptors (Lipinski definition) is 3. The molecule has 2 aromatic carbocycles. The second-order valence-corrected chi connectivity index (χ2v) is 7.58. The van der Waals surface area contributed by atoms with Crippen LogP contribution in [0.1, 0.15) is 43.9 Å². The maximum absolute atomic E-state index is 13.1. The van der Waals surface area contributed by atoms with Gasteiger partial charge in [0, 0.05) is 12.6 Å². The second-order valence-electron chi connectivity index (χ2n) is 7.58. The van der Waals surface area contributed by atoms with Crippen LogP contribution in [-0.4, -0.2) is 35.4 Å². The summed E-state index contributed by atoms with van der Waals surface area (Å²) in [6, 6.07) is 15.0. The first-order valence-electron chi connectivity index (χ1n) is 10.2. The third-order valence-electron chi connectivity index (χ3n) is 4.92. The summed E-state index contributed by atoms with van der Waals surface area (Å²) < 4.78 is 5.83. The van der Waals surface area contributed by atoms with E-state index in [0.29, 0.717) is 18.7 Å². The van der Waals surface area contributed by atoms with Gasteiger partial charge in [-0.2, -0.15) is 0 Å². The van der Waals surface area contributed by atoms with E-state index < -0.39 is 6.04 Å². The molecule has 1 N–H and O–H groups in total. The lowest BCUT2D eigenvalue weighted by atomic mass is 10.1. The maximum Gasteiger partial charge on any atom is 0.261 e. The van der Waals surface area contributed by atoms with Crippen LogP contribution in [0.5, 0.6) is 5.75 Å². The fourth-order valence-corrected chi connectivity index (χ4v) is 3.18. The molecule has 0 heterocycles. The highest BCUT2D eigenvalue weighted by molar-refractivity contribution is 5.88. The molecule has 0 aliphatic heterocycles. The van der Waals surface area contributed by atoms with Gasteiger partial charge in [0.05, 0.1) is 0 Å². The monoisotopic (exact) mass is 396 g/mol. The van der Waals surface area contributed by atoms with E-state index in [1.54, 1.807) is 4.90 Å². The minimum atomic E-state index is -0.549. The van der Waals surface area contributed by atoms with Gasteiger partial charge in [-0.05, 0) is 56.9 Å². The number of benzene rings is 2. The SMILES string of the molecule is CC[C@@H](C(=O)NC(C)C)N(Cc1ccccc1)C(=O)COc1cccc(C)c1C. The normalized spacial score (nSPS) is 11.8. The summed E-state index contributed by atoms with van der Waals surface area (Å²) in [4.78, 5) is 27.5. The molecule has 0 saturated heterocycles. The van der Waals surface area contributed by atoms with Gasteiger partial charge >= 0.3 is 0 Å². The van der Waals surface area contributed by atoms with Crippen molar-refractivity contribution in [3.05, 3.63) is 65.2 Å². The molecule has 0 aliphatic rings. The average Bonchev–Trinajstić information content (AvgIpc) is 2.69. The van der Waals surface area contributed by atoms with E-state index in [0.717, 1.165) is 16.7 Å². The lowest BCUT2D eigenvalue weighted by Gasteiger charge is -2.31. The Bertz CT molecular complexity index is 818. The number of nitrogens with one attached hydrogen (secondary N) is 1. The highest BCUT2D eigenvalue weighted by Gasteiger charge is 2.29. The second kappa shape index (κ2) is 10.6. The zero-order valence-corrected chi connectivity index (χ0v) is 18.1. The molecule has 0 spiro atoms. The van der Waals surface area contributed by atoms with Gasteiger partial charge in [0.25, 0.3) is 5.91 Å². The van der Waals surface area contributed by atoms with Gasteiger partial charge in [0.2, 0.25) is 5.91 Å². The van der Waals surface area contributed by atoms with Crippen LogP contribution in [0.3, 0.4) is 0 Å². The summed E-state index contributed by atoms with van der Waals surface area (Å²) in [5.41, 5.74) is 3.10. The van der Waals surface area contributed by atoms with Crippen LogP contribution in [0.2, 0.25) is 0 Å². The van der Waals surface area contributed by atoms with E-state index in [9.17, 15) is 9.59 Å². The molecule has 0 radical (unpaired) electrons. The number of hydrogen-bond donors (Lipinski definition) is 1. The number of carbonyl (C=O) groups is 2. The predicted molar refractivity (Wildman–Crippen MR) is 116 cm³/mol. The van der Waals surface area contributed by atoms with E-state index in [1.807, 2.05) is 83.1 Å². The van der Waals surface area contributed by atoms with Gasteiger partial charge in [-0.1, -0.05) is 49.4 Å². The summed E-state index contributed by atoms with van der Waals surface area (Å²) in [7, 11) is 0. The minimum absolute atomic E-state index is 0.0106. The van der Waals surface area contributed by atoms with E-state index in [4.69, 9.17) is 4.74 Å². The standard InChI is InChI=1S/C24H32N2O3/c1-6-21(24(28)25-17(2)3)26(15-20-12-8-7-9-13-20)23(27)16-29-22-14-10-11-18(4)19(22)5/h7-14,17,21H,6,15-16H2,1-5H3,(H,25,28)/t21-/m0/s1.